The second-order valence-electron chi connectivity index (χ2n) is 4.18. The van der Waals surface area contributed by atoms with E-state index in [1.807, 2.05) is 6.92 Å². The number of halogens is 2. The van der Waals surface area contributed by atoms with Gasteiger partial charge < -0.3 is 10.4 Å². The van der Waals surface area contributed by atoms with Crippen LogP contribution in [-0.4, -0.2) is 23.0 Å². The van der Waals surface area contributed by atoms with Crippen LogP contribution in [0, 0.1) is 5.82 Å². The lowest BCUT2D eigenvalue weighted by Gasteiger charge is -2.16. The molecule has 0 saturated carbocycles. The Kier molecular flexibility index (Phi) is 5.95. The van der Waals surface area contributed by atoms with Crippen LogP contribution in [0.1, 0.15) is 36.5 Å². The van der Waals surface area contributed by atoms with Gasteiger partial charge in [-0.25, -0.2) is 4.39 Å². The molecule has 1 amide bonds. The number of carboxylic acids is 1. The van der Waals surface area contributed by atoms with Crippen molar-refractivity contribution >= 4 is 27.8 Å². The molecule has 6 heteroatoms. The number of amides is 1. The number of hydrogen-bond donors (Lipinski definition) is 2. The third-order valence-corrected chi connectivity index (χ3v) is 3.06. The Hall–Kier alpha value is -1.43. The van der Waals surface area contributed by atoms with E-state index in [9.17, 15) is 14.0 Å². The number of nitrogens with one attached hydrogen (secondary N) is 1. The molecule has 1 aromatic carbocycles. The van der Waals surface area contributed by atoms with Crippen molar-refractivity contribution in [1.82, 2.24) is 5.32 Å². The van der Waals surface area contributed by atoms with Gasteiger partial charge in [-0.05, 0) is 24.6 Å². The van der Waals surface area contributed by atoms with Crippen LogP contribution < -0.4 is 5.32 Å². The minimum atomic E-state index is -0.992. The van der Waals surface area contributed by atoms with Gasteiger partial charge in [0, 0.05) is 10.5 Å². The van der Waals surface area contributed by atoms with Crippen LogP contribution in [0.25, 0.3) is 0 Å². The van der Waals surface area contributed by atoms with Crippen molar-refractivity contribution in [3.63, 3.8) is 0 Å². The maximum absolute atomic E-state index is 13.5. The molecule has 104 valence electrons. The second-order valence-corrected chi connectivity index (χ2v) is 5.10. The van der Waals surface area contributed by atoms with E-state index in [1.54, 1.807) is 0 Å². The molecule has 0 aliphatic heterocycles. The van der Waals surface area contributed by atoms with Crippen molar-refractivity contribution in [3.05, 3.63) is 34.1 Å². The molecule has 0 radical (unpaired) electrons. The lowest BCUT2D eigenvalue weighted by molar-refractivity contribution is -0.137. The molecule has 0 spiro atoms. The number of carbonyl (C=O) groups is 2. The summed E-state index contributed by atoms with van der Waals surface area (Å²) in [5, 5.41) is 11.3. The standard InChI is InChI=1S/C13H15BrFNO3/c1-2-3-9(7-12(17)18)16-13(19)10-6-8(14)4-5-11(10)15/h4-6,9H,2-3,7H2,1H3,(H,16,19)(H,17,18). The van der Waals surface area contributed by atoms with Crippen LogP contribution in [0.3, 0.4) is 0 Å². The summed E-state index contributed by atoms with van der Waals surface area (Å²) < 4.78 is 14.1. The topological polar surface area (TPSA) is 66.4 Å². The van der Waals surface area contributed by atoms with Crippen LogP contribution in [0.2, 0.25) is 0 Å². The first-order valence-corrected chi connectivity index (χ1v) is 6.71. The molecular weight excluding hydrogens is 317 g/mol. The van der Waals surface area contributed by atoms with E-state index in [0.717, 1.165) is 6.42 Å². The highest BCUT2D eigenvalue weighted by Crippen LogP contribution is 2.16. The quantitative estimate of drug-likeness (QED) is 0.842. The van der Waals surface area contributed by atoms with Gasteiger partial charge in [-0.3, -0.25) is 9.59 Å². The third kappa shape index (κ3) is 4.98. The number of rotatable bonds is 6. The van der Waals surface area contributed by atoms with Crippen LogP contribution >= 0.6 is 15.9 Å². The Morgan fingerprint density at radius 3 is 2.74 bits per heavy atom. The van der Waals surface area contributed by atoms with Gasteiger partial charge in [-0.2, -0.15) is 0 Å². The summed E-state index contributed by atoms with van der Waals surface area (Å²) in [6.45, 7) is 1.89. The van der Waals surface area contributed by atoms with Gasteiger partial charge in [-0.1, -0.05) is 29.3 Å². The lowest BCUT2D eigenvalue weighted by atomic mass is 10.1. The van der Waals surface area contributed by atoms with Gasteiger partial charge in [0.25, 0.3) is 5.91 Å². The fourth-order valence-electron chi connectivity index (χ4n) is 1.72. The van der Waals surface area contributed by atoms with E-state index in [-0.39, 0.29) is 12.0 Å². The summed E-state index contributed by atoms with van der Waals surface area (Å²) >= 11 is 3.16. The Balaban J connectivity index is 2.81. The lowest BCUT2D eigenvalue weighted by Crippen LogP contribution is -2.36. The van der Waals surface area contributed by atoms with Crippen molar-refractivity contribution in [2.45, 2.75) is 32.2 Å². The number of hydrogen-bond acceptors (Lipinski definition) is 2. The van der Waals surface area contributed by atoms with Crippen LogP contribution in [0.5, 0.6) is 0 Å². The van der Waals surface area contributed by atoms with E-state index in [4.69, 9.17) is 5.11 Å². The fraction of sp³-hybridized carbons (Fsp3) is 0.385. The Morgan fingerprint density at radius 2 is 2.16 bits per heavy atom. The van der Waals surface area contributed by atoms with E-state index in [1.165, 1.54) is 18.2 Å². The zero-order valence-corrected chi connectivity index (χ0v) is 12.0. The molecule has 0 saturated heterocycles. The molecule has 0 bridgehead atoms. The van der Waals surface area contributed by atoms with Crippen molar-refractivity contribution in [3.8, 4) is 0 Å². The second kappa shape index (κ2) is 7.23. The van der Waals surface area contributed by atoms with Gasteiger partial charge in [0.15, 0.2) is 0 Å². The Morgan fingerprint density at radius 1 is 1.47 bits per heavy atom. The predicted octanol–water partition coefficient (Wildman–Crippen LogP) is 2.96. The van der Waals surface area contributed by atoms with Crippen molar-refractivity contribution in [2.24, 2.45) is 0 Å². The molecule has 0 aromatic heterocycles. The largest absolute Gasteiger partial charge is 0.481 e. The highest BCUT2D eigenvalue weighted by molar-refractivity contribution is 9.10. The van der Waals surface area contributed by atoms with Gasteiger partial charge in [0.2, 0.25) is 0 Å². The predicted molar refractivity (Wildman–Crippen MR) is 72.5 cm³/mol. The minimum Gasteiger partial charge on any atom is -0.481 e. The maximum atomic E-state index is 13.5. The van der Waals surface area contributed by atoms with Crippen LogP contribution in [-0.2, 0) is 4.79 Å². The zero-order chi connectivity index (χ0) is 14.4. The molecule has 1 unspecified atom stereocenters. The van der Waals surface area contributed by atoms with Crippen LogP contribution in [0.4, 0.5) is 4.39 Å². The van der Waals surface area contributed by atoms with E-state index in [0.29, 0.717) is 10.9 Å². The monoisotopic (exact) mass is 331 g/mol. The van der Waals surface area contributed by atoms with Gasteiger partial charge in [-0.15, -0.1) is 0 Å². The molecule has 0 heterocycles. The average molecular weight is 332 g/mol. The first-order chi connectivity index (χ1) is 8.93. The normalized spacial score (nSPS) is 11.9. The molecule has 0 aliphatic carbocycles. The molecule has 0 fully saturated rings. The van der Waals surface area contributed by atoms with Gasteiger partial charge in [0.05, 0.1) is 12.0 Å². The summed E-state index contributed by atoms with van der Waals surface area (Å²) in [4.78, 5) is 22.6. The molecule has 1 rings (SSSR count). The summed E-state index contributed by atoms with van der Waals surface area (Å²) in [6, 6.07) is 3.56. The van der Waals surface area contributed by atoms with Crippen LogP contribution in [0.15, 0.2) is 22.7 Å². The molecular formula is C13H15BrFNO3. The summed E-state index contributed by atoms with van der Waals surface area (Å²) in [7, 11) is 0. The minimum absolute atomic E-state index is 0.0964. The highest BCUT2D eigenvalue weighted by Gasteiger charge is 2.18. The zero-order valence-electron chi connectivity index (χ0n) is 10.5. The first-order valence-electron chi connectivity index (χ1n) is 5.91. The van der Waals surface area contributed by atoms with Crippen molar-refractivity contribution in [2.75, 3.05) is 0 Å². The fourth-order valence-corrected chi connectivity index (χ4v) is 2.08. The maximum Gasteiger partial charge on any atom is 0.305 e. The summed E-state index contributed by atoms with van der Waals surface area (Å²) in [5.41, 5.74) is -0.0964. The molecule has 19 heavy (non-hydrogen) atoms. The Bertz CT molecular complexity index is 479. The van der Waals surface area contributed by atoms with E-state index >= 15 is 0 Å². The molecule has 0 aliphatic rings. The van der Waals surface area contributed by atoms with Crippen molar-refractivity contribution in [1.29, 1.82) is 0 Å². The SMILES string of the molecule is CCCC(CC(=O)O)NC(=O)c1cc(Br)ccc1F. The number of aliphatic carboxylic acids is 1. The number of carboxylic acid groups (broad SMARTS) is 1. The smallest absolute Gasteiger partial charge is 0.305 e. The molecule has 1 aromatic rings. The van der Waals surface area contributed by atoms with E-state index < -0.39 is 23.7 Å². The number of carbonyl (C=O) groups excluding carboxylic acids is 1. The first kappa shape index (κ1) is 15.6. The van der Waals surface area contributed by atoms with E-state index in [2.05, 4.69) is 21.2 Å². The third-order valence-electron chi connectivity index (χ3n) is 2.57. The molecule has 4 nitrogen and oxygen atoms in total. The summed E-state index contributed by atoms with van der Waals surface area (Å²) in [6.07, 6.45) is 1.10. The summed E-state index contributed by atoms with van der Waals surface area (Å²) in [5.74, 6) is -2.22. The Labute approximate surface area is 119 Å². The van der Waals surface area contributed by atoms with Gasteiger partial charge in [0.1, 0.15) is 5.82 Å². The average Bonchev–Trinajstić information content (AvgIpc) is 2.31. The van der Waals surface area contributed by atoms with Gasteiger partial charge >= 0.3 is 5.97 Å². The molecule has 1 atom stereocenters. The molecule has 2 N–H and O–H groups in total. The van der Waals surface area contributed by atoms with Crippen molar-refractivity contribution < 1.29 is 19.1 Å². The highest BCUT2D eigenvalue weighted by atomic mass is 79.9. The number of benzene rings is 1.